The van der Waals surface area contributed by atoms with E-state index in [4.69, 9.17) is 4.42 Å². The van der Waals surface area contributed by atoms with Gasteiger partial charge in [0.1, 0.15) is 11.2 Å². The molecule has 0 unspecified atom stereocenters. The zero-order chi connectivity index (χ0) is 11.9. The molecule has 0 amide bonds. The quantitative estimate of drug-likeness (QED) is 0.502. The molecule has 0 aliphatic carbocycles. The molecule has 0 saturated heterocycles. The first kappa shape index (κ1) is 9.48. The van der Waals surface area contributed by atoms with Crippen molar-refractivity contribution in [1.82, 2.24) is 9.55 Å². The maximum absolute atomic E-state index is 5.86. The average Bonchev–Trinajstić information content (AvgIpc) is 3.05. The third kappa shape index (κ3) is 1.27. The van der Waals surface area contributed by atoms with E-state index < -0.39 is 0 Å². The minimum Gasteiger partial charge on any atom is -0.456 e. The molecule has 3 heteroatoms. The van der Waals surface area contributed by atoms with Crippen molar-refractivity contribution >= 4 is 21.9 Å². The van der Waals surface area contributed by atoms with Gasteiger partial charge in [0.05, 0.1) is 12.0 Å². The summed E-state index contributed by atoms with van der Waals surface area (Å²) in [5.74, 6) is 0. The highest BCUT2D eigenvalue weighted by molar-refractivity contribution is 6.05. The molecule has 2 aromatic carbocycles. The number of hydrogen-bond donors (Lipinski definition) is 0. The van der Waals surface area contributed by atoms with Gasteiger partial charge in [-0.1, -0.05) is 18.2 Å². The number of furan rings is 1. The van der Waals surface area contributed by atoms with Crippen LogP contribution >= 0.6 is 0 Å². The third-order valence-corrected chi connectivity index (χ3v) is 3.16. The van der Waals surface area contributed by atoms with Crippen molar-refractivity contribution in [2.24, 2.45) is 0 Å². The maximum Gasteiger partial charge on any atom is 0.137 e. The van der Waals surface area contributed by atoms with Crippen LogP contribution in [0.25, 0.3) is 27.6 Å². The van der Waals surface area contributed by atoms with Crippen LogP contribution in [0.3, 0.4) is 0 Å². The molecule has 0 fully saturated rings. The van der Waals surface area contributed by atoms with E-state index in [2.05, 4.69) is 23.2 Å². The lowest BCUT2D eigenvalue weighted by Crippen LogP contribution is -1.88. The molecule has 18 heavy (non-hydrogen) atoms. The van der Waals surface area contributed by atoms with Crippen LogP contribution in [0.5, 0.6) is 0 Å². The molecule has 0 N–H and O–H groups in total. The first-order valence-corrected chi connectivity index (χ1v) is 5.81. The second-order valence-corrected chi connectivity index (χ2v) is 4.25. The Morgan fingerprint density at radius 3 is 2.72 bits per heavy atom. The normalized spacial score (nSPS) is 11.3. The van der Waals surface area contributed by atoms with E-state index in [1.807, 2.05) is 35.0 Å². The molecule has 0 aliphatic rings. The Morgan fingerprint density at radius 1 is 0.944 bits per heavy atom. The molecule has 0 saturated carbocycles. The van der Waals surface area contributed by atoms with Crippen molar-refractivity contribution in [3.63, 3.8) is 0 Å². The fourth-order valence-electron chi connectivity index (χ4n) is 2.29. The Balaban J connectivity index is 2.04. The van der Waals surface area contributed by atoms with Crippen molar-refractivity contribution in [1.29, 1.82) is 0 Å². The third-order valence-electron chi connectivity index (χ3n) is 3.16. The highest BCUT2D eigenvalue weighted by atomic mass is 16.3. The van der Waals surface area contributed by atoms with Gasteiger partial charge in [-0.3, -0.25) is 0 Å². The van der Waals surface area contributed by atoms with Gasteiger partial charge in [-0.15, -0.1) is 0 Å². The Hall–Kier alpha value is -2.55. The van der Waals surface area contributed by atoms with Gasteiger partial charge < -0.3 is 8.98 Å². The standard InChI is InChI=1S/C15H10N2O/c1-2-4-14-12(3-1)13-6-5-11(9-15(13)18-14)17-8-7-16-10-17/h1-10H. The molecule has 0 bridgehead atoms. The topological polar surface area (TPSA) is 31.0 Å². The molecule has 86 valence electrons. The summed E-state index contributed by atoms with van der Waals surface area (Å²) in [4.78, 5) is 4.05. The van der Waals surface area contributed by atoms with Crippen LogP contribution in [0.4, 0.5) is 0 Å². The van der Waals surface area contributed by atoms with Gasteiger partial charge in [0.15, 0.2) is 0 Å². The van der Waals surface area contributed by atoms with Gasteiger partial charge in [0.2, 0.25) is 0 Å². The van der Waals surface area contributed by atoms with Crippen LogP contribution in [0.2, 0.25) is 0 Å². The predicted octanol–water partition coefficient (Wildman–Crippen LogP) is 3.77. The lowest BCUT2D eigenvalue weighted by Gasteiger charge is -2.00. The van der Waals surface area contributed by atoms with Crippen LogP contribution in [0.1, 0.15) is 0 Å². The lowest BCUT2D eigenvalue weighted by atomic mass is 10.1. The predicted molar refractivity (Wildman–Crippen MR) is 70.8 cm³/mol. The number of fused-ring (bicyclic) bond motifs is 3. The van der Waals surface area contributed by atoms with Gasteiger partial charge in [0.25, 0.3) is 0 Å². The SMILES string of the molecule is c1ccc2c(c1)oc1cc(-n3ccnc3)ccc12. The van der Waals surface area contributed by atoms with Crippen LogP contribution in [-0.2, 0) is 0 Å². The van der Waals surface area contributed by atoms with Crippen LogP contribution in [0.15, 0.2) is 65.6 Å². The smallest absolute Gasteiger partial charge is 0.137 e. The van der Waals surface area contributed by atoms with Gasteiger partial charge in [-0.05, 0) is 18.2 Å². The number of rotatable bonds is 1. The van der Waals surface area contributed by atoms with Crippen molar-refractivity contribution in [3.8, 4) is 5.69 Å². The second kappa shape index (κ2) is 3.47. The van der Waals surface area contributed by atoms with Crippen molar-refractivity contribution in [3.05, 3.63) is 61.2 Å². The lowest BCUT2D eigenvalue weighted by molar-refractivity contribution is 0.668. The summed E-state index contributed by atoms with van der Waals surface area (Å²) in [6, 6.07) is 14.3. The monoisotopic (exact) mass is 234 g/mol. The molecule has 3 nitrogen and oxygen atoms in total. The number of benzene rings is 2. The van der Waals surface area contributed by atoms with Gasteiger partial charge >= 0.3 is 0 Å². The van der Waals surface area contributed by atoms with E-state index in [0.29, 0.717) is 0 Å². The highest BCUT2D eigenvalue weighted by Gasteiger charge is 2.07. The fourth-order valence-corrected chi connectivity index (χ4v) is 2.29. The van der Waals surface area contributed by atoms with Crippen molar-refractivity contribution in [2.45, 2.75) is 0 Å². The first-order chi connectivity index (χ1) is 8.92. The average molecular weight is 234 g/mol. The van der Waals surface area contributed by atoms with E-state index in [9.17, 15) is 0 Å². The molecular weight excluding hydrogens is 224 g/mol. The van der Waals surface area contributed by atoms with Gasteiger partial charge in [-0.25, -0.2) is 4.98 Å². The summed E-state index contributed by atoms with van der Waals surface area (Å²) in [5, 5.41) is 2.30. The summed E-state index contributed by atoms with van der Waals surface area (Å²) < 4.78 is 7.82. The molecule has 4 rings (SSSR count). The summed E-state index contributed by atoms with van der Waals surface area (Å²) >= 11 is 0. The zero-order valence-corrected chi connectivity index (χ0v) is 9.58. The molecule has 0 atom stereocenters. The maximum atomic E-state index is 5.86. The van der Waals surface area contributed by atoms with Gasteiger partial charge in [-0.2, -0.15) is 0 Å². The number of para-hydroxylation sites is 1. The summed E-state index contributed by atoms with van der Waals surface area (Å²) in [5.41, 5.74) is 2.89. The number of imidazole rings is 1. The van der Waals surface area contributed by atoms with Crippen molar-refractivity contribution < 1.29 is 4.42 Å². The Morgan fingerprint density at radius 2 is 1.83 bits per heavy atom. The summed E-state index contributed by atoms with van der Waals surface area (Å²) in [6.45, 7) is 0. The number of aromatic nitrogens is 2. The first-order valence-electron chi connectivity index (χ1n) is 5.81. The second-order valence-electron chi connectivity index (χ2n) is 4.25. The molecule has 0 radical (unpaired) electrons. The summed E-state index contributed by atoms with van der Waals surface area (Å²) in [7, 11) is 0. The number of hydrogen-bond acceptors (Lipinski definition) is 2. The largest absolute Gasteiger partial charge is 0.456 e. The van der Waals surface area contributed by atoms with Gasteiger partial charge in [0, 0.05) is 29.2 Å². The van der Waals surface area contributed by atoms with Crippen LogP contribution in [0, 0.1) is 0 Å². The van der Waals surface area contributed by atoms with E-state index in [-0.39, 0.29) is 0 Å². The van der Waals surface area contributed by atoms with Crippen LogP contribution < -0.4 is 0 Å². The molecule has 0 aliphatic heterocycles. The zero-order valence-electron chi connectivity index (χ0n) is 9.58. The van der Waals surface area contributed by atoms with E-state index in [1.165, 1.54) is 0 Å². The minimum absolute atomic E-state index is 0.905. The van der Waals surface area contributed by atoms with Crippen molar-refractivity contribution in [2.75, 3.05) is 0 Å². The minimum atomic E-state index is 0.905. The highest BCUT2D eigenvalue weighted by Crippen LogP contribution is 2.29. The number of nitrogens with zero attached hydrogens (tertiary/aromatic N) is 2. The Bertz CT molecular complexity index is 828. The van der Waals surface area contributed by atoms with Crippen LogP contribution in [-0.4, -0.2) is 9.55 Å². The summed E-state index contributed by atoms with van der Waals surface area (Å²) in [6.07, 6.45) is 5.47. The molecule has 4 aromatic rings. The molecule has 2 aromatic heterocycles. The van der Waals surface area contributed by atoms with E-state index in [1.54, 1.807) is 12.5 Å². The van der Waals surface area contributed by atoms with E-state index in [0.717, 1.165) is 27.6 Å². The Kier molecular flexibility index (Phi) is 1.83. The fraction of sp³-hybridized carbons (Fsp3) is 0. The molecule has 0 spiro atoms. The van der Waals surface area contributed by atoms with E-state index >= 15 is 0 Å². The molecular formula is C15H10N2O. The molecule has 2 heterocycles. The Labute approximate surface area is 103 Å².